The number of nitrogens with zero attached hydrogens (tertiary/aromatic N) is 1. The molecule has 1 aromatic carbocycles. The van der Waals surface area contributed by atoms with Crippen LogP contribution in [0.5, 0.6) is 0 Å². The molecule has 0 radical (unpaired) electrons. The monoisotopic (exact) mass is 286 g/mol. The van der Waals surface area contributed by atoms with Crippen LogP contribution < -0.4 is 5.32 Å². The van der Waals surface area contributed by atoms with Crippen LogP contribution in [-0.2, 0) is 5.60 Å². The molecule has 2 rings (SSSR count). The van der Waals surface area contributed by atoms with Crippen LogP contribution in [0.3, 0.4) is 0 Å². The fourth-order valence-corrected chi connectivity index (χ4v) is 1.83. The van der Waals surface area contributed by atoms with E-state index in [2.05, 4.69) is 24.1 Å². The van der Waals surface area contributed by atoms with E-state index < -0.39 is 5.60 Å². The summed E-state index contributed by atoms with van der Waals surface area (Å²) >= 11 is 0. The van der Waals surface area contributed by atoms with Gasteiger partial charge in [0, 0.05) is 13.2 Å². The lowest BCUT2D eigenvalue weighted by atomic mass is 9.94. The van der Waals surface area contributed by atoms with Gasteiger partial charge in [-0.3, -0.25) is 0 Å². The average molecular weight is 286 g/mol. The summed E-state index contributed by atoms with van der Waals surface area (Å²) in [4.78, 5) is 4.19. The Morgan fingerprint density at radius 2 is 1.71 bits per heavy atom. The van der Waals surface area contributed by atoms with Crippen LogP contribution in [0.25, 0.3) is 11.1 Å². The molecule has 21 heavy (non-hydrogen) atoms. The molecule has 3 heteroatoms. The van der Waals surface area contributed by atoms with Crippen LogP contribution >= 0.6 is 0 Å². The summed E-state index contributed by atoms with van der Waals surface area (Å²) in [5.41, 5.74) is 2.24. The Bertz CT molecular complexity index is 559. The Morgan fingerprint density at radius 1 is 1.10 bits per heavy atom. The number of rotatable bonds is 3. The van der Waals surface area contributed by atoms with Gasteiger partial charge in [-0.25, -0.2) is 4.98 Å². The van der Waals surface area contributed by atoms with E-state index in [4.69, 9.17) is 0 Å². The SMILES string of the molecule is CCC.CNc1cc(-c2cccc(C(C)(C)O)c2)ccn1. The predicted octanol–water partition coefficient (Wildman–Crippen LogP) is 4.43. The van der Waals surface area contributed by atoms with E-state index in [0.29, 0.717) is 0 Å². The van der Waals surface area contributed by atoms with Gasteiger partial charge in [0.15, 0.2) is 0 Å². The number of benzene rings is 1. The number of aliphatic hydroxyl groups is 1. The lowest BCUT2D eigenvalue weighted by molar-refractivity contribution is 0.0786. The van der Waals surface area contributed by atoms with Gasteiger partial charge in [-0.2, -0.15) is 0 Å². The van der Waals surface area contributed by atoms with Crippen molar-refractivity contribution in [1.82, 2.24) is 4.98 Å². The molecule has 0 saturated carbocycles. The molecule has 2 aromatic rings. The minimum absolute atomic E-state index is 0.825. The van der Waals surface area contributed by atoms with E-state index in [1.54, 1.807) is 20.0 Å². The lowest BCUT2D eigenvalue weighted by Gasteiger charge is -2.18. The van der Waals surface area contributed by atoms with E-state index in [0.717, 1.165) is 22.5 Å². The van der Waals surface area contributed by atoms with Crippen molar-refractivity contribution in [2.75, 3.05) is 12.4 Å². The first kappa shape index (κ1) is 17.2. The molecule has 3 nitrogen and oxygen atoms in total. The molecule has 0 aliphatic heterocycles. The van der Waals surface area contributed by atoms with Gasteiger partial charge in [0.1, 0.15) is 5.82 Å². The highest BCUT2D eigenvalue weighted by Crippen LogP contribution is 2.26. The fraction of sp³-hybridized carbons (Fsp3) is 0.389. The largest absolute Gasteiger partial charge is 0.386 e. The Hall–Kier alpha value is -1.87. The Balaban J connectivity index is 0.000000677. The summed E-state index contributed by atoms with van der Waals surface area (Å²) in [5, 5.41) is 13.1. The maximum Gasteiger partial charge on any atom is 0.126 e. The molecule has 0 unspecified atom stereocenters. The van der Waals surface area contributed by atoms with Crippen LogP contribution in [0, 0.1) is 0 Å². The first-order valence-electron chi connectivity index (χ1n) is 7.39. The quantitative estimate of drug-likeness (QED) is 0.877. The van der Waals surface area contributed by atoms with E-state index in [9.17, 15) is 5.11 Å². The number of nitrogens with one attached hydrogen (secondary N) is 1. The second kappa shape index (κ2) is 7.79. The van der Waals surface area contributed by atoms with Crippen LogP contribution in [0.4, 0.5) is 5.82 Å². The zero-order valence-corrected chi connectivity index (χ0v) is 13.6. The highest BCUT2D eigenvalue weighted by molar-refractivity contribution is 5.67. The highest BCUT2D eigenvalue weighted by atomic mass is 16.3. The second-order valence-electron chi connectivity index (χ2n) is 5.53. The lowest BCUT2D eigenvalue weighted by Crippen LogP contribution is -2.15. The maximum atomic E-state index is 10.0. The number of aromatic nitrogens is 1. The van der Waals surface area contributed by atoms with E-state index >= 15 is 0 Å². The van der Waals surface area contributed by atoms with Gasteiger partial charge in [-0.05, 0) is 48.7 Å². The van der Waals surface area contributed by atoms with E-state index in [1.165, 1.54) is 6.42 Å². The molecule has 114 valence electrons. The molecule has 0 aliphatic carbocycles. The Morgan fingerprint density at radius 3 is 2.29 bits per heavy atom. The van der Waals surface area contributed by atoms with Crippen molar-refractivity contribution < 1.29 is 5.11 Å². The maximum absolute atomic E-state index is 10.0. The first-order valence-corrected chi connectivity index (χ1v) is 7.39. The summed E-state index contributed by atoms with van der Waals surface area (Å²) in [6.07, 6.45) is 3.03. The second-order valence-corrected chi connectivity index (χ2v) is 5.53. The summed E-state index contributed by atoms with van der Waals surface area (Å²) in [5.74, 6) is 0.834. The van der Waals surface area contributed by atoms with Crippen LogP contribution in [0.1, 0.15) is 39.7 Å². The van der Waals surface area contributed by atoms with Gasteiger partial charge >= 0.3 is 0 Å². The molecule has 0 saturated heterocycles. The molecule has 2 N–H and O–H groups in total. The van der Waals surface area contributed by atoms with Crippen molar-refractivity contribution in [2.45, 2.75) is 39.7 Å². The zero-order chi connectivity index (χ0) is 15.9. The topological polar surface area (TPSA) is 45.1 Å². The minimum atomic E-state index is -0.825. The molecule has 1 heterocycles. The molecule has 0 bridgehead atoms. The summed E-state index contributed by atoms with van der Waals surface area (Å²) < 4.78 is 0. The average Bonchev–Trinajstić information content (AvgIpc) is 2.47. The normalized spacial score (nSPS) is 10.6. The summed E-state index contributed by atoms with van der Waals surface area (Å²) in [7, 11) is 1.85. The molecule has 1 aromatic heterocycles. The van der Waals surface area contributed by atoms with Gasteiger partial charge in [0.2, 0.25) is 0 Å². The van der Waals surface area contributed by atoms with Crippen molar-refractivity contribution in [2.24, 2.45) is 0 Å². The highest BCUT2D eigenvalue weighted by Gasteiger charge is 2.16. The molecular formula is C18H26N2O. The van der Waals surface area contributed by atoms with E-state index in [-0.39, 0.29) is 0 Å². The van der Waals surface area contributed by atoms with Gasteiger partial charge in [-0.1, -0.05) is 38.5 Å². The smallest absolute Gasteiger partial charge is 0.126 e. The zero-order valence-electron chi connectivity index (χ0n) is 13.6. The first-order chi connectivity index (χ1) is 9.92. The third-order valence-electron chi connectivity index (χ3n) is 2.92. The molecule has 0 spiro atoms. The standard InChI is InChI=1S/C15H18N2O.C3H8/c1-15(2,18)13-6-4-5-11(9-13)12-7-8-17-14(10-12)16-3;1-3-2/h4-10,18H,1-3H3,(H,16,17);3H2,1-2H3. The van der Waals surface area contributed by atoms with Crippen LogP contribution in [0.2, 0.25) is 0 Å². The third-order valence-corrected chi connectivity index (χ3v) is 2.92. The third kappa shape index (κ3) is 5.20. The molecule has 0 aliphatic rings. The molecule has 0 atom stereocenters. The van der Waals surface area contributed by atoms with Crippen molar-refractivity contribution in [3.63, 3.8) is 0 Å². The van der Waals surface area contributed by atoms with Crippen LogP contribution in [0.15, 0.2) is 42.6 Å². The Kier molecular flexibility index (Phi) is 6.38. The Labute approximate surface area is 128 Å². The number of anilines is 1. The molecule has 0 amide bonds. The van der Waals surface area contributed by atoms with Gasteiger partial charge in [-0.15, -0.1) is 0 Å². The molecule has 0 fully saturated rings. The minimum Gasteiger partial charge on any atom is -0.386 e. The number of hydrogen-bond acceptors (Lipinski definition) is 3. The fourth-order valence-electron chi connectivity index (χ4n) is 1.83. The van der Waals surface area contributed by atoms with Crippen molar-refractivity contribution in [1.29, 1.82) is 0 Å². The van der Waals surface area contributed by atoms with Gasteiger partial charge < -0.3 is 10.4 Å². The van der Waals surface area contributed by atoms with Gasteiger partial charge in [0.05, 0.1) is 5.60 Å². The summed E-state index contributed by atoms with van der Waals surface area (Å²) in [6.45, 7) is 7.83. The number of hydrogen-bond donors (Lipinski definition) is 2. The van der Waals surface area contributed by atoms with E-state index in [1.807, 2.05) is 43.4 Å². The predicted molar refractivity (Wildman–Crippen MR) is 90.4 cm³/mol. The molecular weight excluding hydrogens is 260 g/mol. The number of pyridine rings is 1. The van der Waals surface area contributed by atoms with Crippen molar-refractivity contribution >= 4 is 5.82 Å². The van der Waals surface area contributed by atoms with Crippen LogP contribution in [-0.4, -0.2) is 17.1 Å². The van der Waals surface area contributed by atoms with Crippen molar-refractivity contribution in [3.05, 3.63) is 48.2 Å². The van der Waals surface area contributed by atoms with Gasteiger partial charge in [0.25, 0.3) is 0 Å². The van der Waals surface area contributed by atoms with Crippen molar-refractivity contribution in [3.8, 4) is 11.1 Å². The summed E-state index contributed by atoms with van der Waals surface area (Å²) in [6, 6.07) is 11.9.